The molecule has 0 aliphatic carbocycles. The molecule has 0 saturated heterocycles. The molecule has 21 heavy (non-hydrogen) atoms. The standard InChI is InChI=1S/C14H16FN3O2S/c1-17-21(19,20)12-7-8-14(13(16)9-12)18(2)11-5-3-10(15)4-6-11/h3-9,17H,16H2,1-2H3. The zero-order chi connectivity index (χ0) is 15.6. The Balaban J connectivity index is 2.39. The highest BCUT2D eigenvalue weighted by Gasteiger charge is 2.15. The molecule has 112 valence electrons. The maximum atomic E-state index is 12.9. The first kappa shape index (κ1) is 15.3. The maximum absolute atomic E-state index is 12.9. The molecule has 3 N–H and O–H groups in total. The Labute approximate surface area is 123 Å². The van der Waals surface area contributed by atoms with Crippen LogP contribution in [0.4, 0.5) is 21.5 Å². The Morgan fingerprint density at radius 2 is 1.76 bits per heavy atom. The van der Waals surface area contributed by atoms with Crippen LogP contribution in [0.2, 0.25) is 0 Å². The van der Waals surface area contributed by atoms with E-state index in [1.807, 2.05) is 0 Å². The number of nitrogens with zero attached hydrogens (tertiary/aromatic N) is 1. The fourth-order valence-electron chi connectivity index (χ4n) is 1.93. The van der Waals surface area contributed by atoms with Crippen LogP contribution >= 0.6 is 0 Å². The zero-order valence-corrected chi connectivity index (χ0v) is 12.5. The minimum Gasteiger partial charge on any atom is -0.397 e. The molecule has 0 fully saturated rings. The molecule has 0 heterocycles. The lowest BCUT2D eigenvalue weighted by atomic mass is 10.2. The number of rotatable bonds is 4. The van der Waals surface area contributed by atoms with Crippen molar-refractivity contribution < 1.29 is 12.8 Å². The SMILES string of the molecule is CNS(=O)(=O)c1ccc(N(C)c2ccc(F)cc2)c(N)c1. The van der Waals surface area contributed by atoms with Crippen LogP contribution < -0.4 is 15.4 Å². The summed E-state index contributed by atoms with van der Waals surface area (Å²) in [7, 11) is -0.425. The summed E-state index contributed by atoms with van der Waals surface area (Å²) in [5.41, 5.74) is 7.63. The van der Waals surface area contributed by atoms with Crippen molar-refractivity contribution in [2.45, 2.75) is 4.90 Å². The minimum absolute atomic E-state index is 0.0961. The summed E-state index contributed by atoms with van der Waals surface area (Å²) in [5, 5.41) is 0. The normalized spacial score (nSPS) is 11.4. The van der Waals surface area contributed by atoms with Gasteiger partial charge in [0.1, 0.15) is 5.82 Å². The van der Waals surface area contributed by atoms with Gasteiger partial charge in [-0.1, -0.05) is 0 Å². The summed E-state index contributed by atoms with van der Waals surface area (Å²) in [6.07, 6.45) is 0. The van der Waals surface area contributed by atoms with Gasteiger partial charge in [0.2, 0.25) is 10.0 Å². The lowest BCUT2D eigenvalue weighted by Gasteiger charge is -2.21. The second-order valence-electron chi connectivity index (χ2n) is 4.46. The first-order valence-electron chi connectivity index (χ1n) is 6.17. The highest BCUT2D eigenvalue weighted by molar-refractivity contribution is 7.89. The molecule has 2 aromatic rings. The summed E-state index contributed by atoms with van der Waals surface area (Å²) in [4.78, 5) is 1.85. The van der Waals surface area contributed by atoms with E-state index in [2.05, 4.69) is 4.72 Å². The van der Waals surface area contributed by atoms with Gasteiger partial charge in [0.05, 0.1) is 16.3 Å². The maximum Gasteiger partial charge on any atom is 0.240 e. The van der Waals surface area contributed by atoms with Crippen molar-refractivity contribution >= 4 is 27.1 Å². The number of anilines is 3. The van der Waals surface area contributed by atoms with Crippen LogP contribution in [0, 0.1) is 5.82 Å². The first-order chi connectivity index (χ1) is 9.85. The molecule has 0 radical (unpaired) electrons. The van der Waals surface area contributed by atoms with Crippen molar-refractivity contribution in [3.05, 3.63) is 48.3 Å². The highest BCUT2D eigenvalue weighted by Crippen LogP contribution is 2.30. The molecule has 0 amide bonds. The molecule has 0 atom stereocenters. The number of hydrogen-bond acceptors (Lipinski definition) is 4. The summed E-state index contributed by atoms with van der Waals surface area (Å²) in [6.45, 7) is 0. The summed E-state index contributed by atoms with van der Waals surface area (Å²) >= 11 is 0. The van der Waals surface area contributed by atoms with Crippen molar-refractivity contribution in [1.29, 1.82) is 0 Å². The molecule has 7 heteroatoms. The van der Waals surface area contributed by atoms with Gasteiger partial charge in [-0.2, -0.15) is 0 Å². The van der Waals surface area contributed by atoms with Crippen LogP contribution in [0.3, 0.4) is 0 Å². The van der Waals surface area contributed by atoms with Gasteiger partial charge in [0.15, 0.2) is 0 Å². The van der Waals surface area contributed by atoms with E-state index in [1.165, 1.54) is 31.3 Å². The third-order valence-corrected chi connectivity index (χ3v) is 4.57. The third-order valence-electron chi connectivity index (χ3n) is 3.15. The number of halogens is 1. The van der Waals surface area contributed by atoms with Gasteiger partial charge in [-0.05, 0) is 49.5 Å². The number of nitrogens with one attached hydrogen (secondary N) is 1. The van der Waals surface area contributed by atoms with Crippen molar-refractivity contribution in [1.82, 2.24) is 4.72 Å². The van der Waals surface area contributed by atoms with Crippen LogP contribution in [0.15, 0.2) is 47.4 Å². The van der Waals surface area contributed by atoms with E-state index in [4.69, 9.17) is 5.73 Å². The number of sulfonamides is 1. The summed E-state index contributed by atoms with van der Waals surface area (Å²) in [5.74, 6) is -0.324. The van der Waals surface area contributed by atoms with E-state index >= 15 is 0 Å². The number of nitrogens with two attached hydrogens (primary N) is 1. The second kappa shape index (κ2) is 5.71. The van der Waals surface area contributed by atoms with Gasteiger partial charge in [0.25, 0.3) is 0 Å². The Morgan fingerprint density at radius 1 is 1.14 bits per heavy atom. The van der Waals surface area contributed by atoms with E-state index in [-0.39, 0.29) is 10.7 Å². The zero-order valence-electron chi connectivity index (χ0n) is 11.7. The van der Waals surface area contributed by atoms with E-state index < -0.39 is 10.0 Å². The molecule has 0 spiro atoms. The fourth-order valence-corrected chi connectivity index (χ4v) is 2.69. The molecule has 0 aliphatic rings. The molecule has 0 aromatic heterocycles. The molecule has 0 aliphatic heterocycles. The summed E-state index contributed by atoms with van der Waals surface area (Å²) < 4.78 is 38.6. The second-order valence-corrected chi connectivity index (χ2v) is 6.35. The van der Waals surface area contributed by atoms with E-state index in [0.717, 1.165) is 5.69 Å². The molecule has 2 aromatic carbocycles. The molecule has 2 rings (SSSR count). The van der Waals surface area contributed by atoms with Gasteiger partial charge in [0, 0.05) is 12.7 Å². The summed E-state index contributed by atoms with van der Waals surface area (Å²) in [6, 6.07) is 10.4. The lowest BCUT2D eigenvalue weighted by molar-refractivity contribution is 0.588. The van der Waals surface area contributed by atoms with Crippen LogP contribution in [0.1, 0.15) is 0 Å². The van der Waals surface area contributed by atoms with E-state index in [0.29, 0.717) is 11.4 Å². The van der Waals surface area contributed by atoms with Gasteiger partial charge >= 0.3 is 0 Å². The number of benzene rings is 2. The van der Waals surface area contributed by atoms with Crippen molar-refractivity contribution in [2.24, 2.45) is 0 Å². The average molecular weight is 309 g/mol. The van der Waals surface area contributed by atoms with Gasteiger partial charge in [-0.3, -0.25) is 0 Å². The molecule has 0 bridgehead atoms. The Morgan fingerprint density at radius 3 is 2.29 bits per heavy atom. The molecule has 0 saturated carbocycles. The smallest absolute Gasteiger partial charge is 0.240 e. The fraction of sp³-hybridized carbons (Fsp3) is 0.143. The Kier molecular flexibility index (Phi) is 4.15. The Hall–Kier alpha value is -2.12. The van der Waals surface area contributed by atoms with Crippen molar-refractivity contribution in [3.8, 4) is 0 Å². The molecule has 5 nitrogen and oxygen atoms in total. The topological polar surface area (TPSA) is 75.4 Å². The predicted octanol–water partition coefficient (Wildman–Crippen LogP) is 2.08. The van der Waals surface area contributed by atoms with Crippen molar-refractivity contribution in [3.63, 3.8) is 0 Å². The van der Waals surface area contributed by atoms with E-state index in [9.17, 15) is 12.8 Å². The largest absolute Gasteiger partial charge is 0.397 e. The highest BCUT2D eigenvalue weighted by atomic mass is 32.2. The lowest BCUT2D eigenvalue weighted by Crippen LogP contribution is -2.19. The van der Waals surface area contributed by atoms with Crippen LogP contribution in [0.25, 0.3) is 0 Å². The van der Waals surface area contributed by atoms with E-state index in [1.54, 1.807) is 30.1 Å². The number of hydrogen-bond donors (Lipinski definition) is 2. The van der Waals surface area contributed by atoms with Gasteiger partial charge in [-0.15, -0.1) is 0 Å². The van der Waals surface area contributed by atoms with Crippen LogP contribution in [0.5, 0.6) is 0 Å². The van der Waals surface area contributed by atoms with Crippen molar-refractivity contribution in [2.75, 3.05) is 24.7 Å². The first-order valence-corrected chi connectivity index (χ1v) is 7.66. The minimum atomic E-state index is -3.53. The average Bonchev–Trinajstić information content (AvgIpc) is 2.47. The van der Waals surface area contributed by atoms with Gasteiger partial charge in [-0.25, -0.2) is 17.5 Å². The van der Waals surface area contributed by atoms with Crippen LogP contribution in [-0.2, 0) is 10.0 Å². The van der Waals surface area contributed by atoms with Crippen LogP contribution in [-0.4, -0.2) is 22.5 Å². The van der Waals surface area contributed by atoms with Gasteiger partial charge < -0.3 is 10.6 Å². The predicted molar refractivity (Wildman–Crippen MR) is 81.6 cm³/mol. The Bertz CT molecular complexity index is 745. The molecular formula is C14H16FN3O2S. The molecule has 0 unspecified atom stereocenters. The number of nitrogen functional groups attached to an aromatic ring is 1. The monoisotopic (exact) mass is 309 g/mol. The quantitative estimate of drug-likeness (QED) is 0.848. The third kappa shape index (κ3) is 3.14. The molecular weight excluding hydrogens is 293 g/mol.